The van der Waals surface area contributed by atoms with Crippen molar-refractivity contribution in [3.05, 3.63) is 54.0 Å². The van der Waals surface area contributed by atoms with Crippen LogP contribution >= 0.6 is 0 Å². The average molecular weight is 480 g/mol. The molecule has 0 saturated carbocycles. The van der Waals surface area contributed by atoms with E-state index in [-0.39, 0.29) is 17.8 Å². The maximum absolute atomic E-state index is 14.5. The number of halogens is 1. The Bertz CT molecular complexity index is 1090. The fourth-order valence-electron chi connectivity index (χ4n) is 5.39. The molecule has 3 aliphatic rings. The van der Waals surface area contributed by atoms with Gasteiger partial charge in [0.05, 0.1) is 6.20 Å². The molecule has 0 aliphatic carbocycles. The smallest absolute Gasteiger partial charge is 0.246 e. The number of nitrogens with one attached hydrogen (secondary N) is 2. The van der Waals surface area contributed by atoms with Crippen molar-refractivity contribution in [1.29, 1.82) is 0 Å². The zero-order chi connectivity index (χ0) is 24.4. The first kappa shape index (κ1) is 23.7. The Morgan fingerprint density at radius 3 is 2.77 bits per heavy atom. The van der Waals surface area contributed by atoms with Crippen LogP contribution in [-0.2, 0) is 17.9 Å². The molecular weight excluding hydrogens is 445 g/mol. The maximum Gasteiger partial charge on any atom is 0.246 e. The number of hydrogen-bond acceptors (Lipinski definition) is 7. The number of carbonyl (C=O) groups is 1. The van der Waals surface area contributed by atoms with Gasteiger partial charge in [-0.05, 0) is 75.2 Å². The van der Waals surface area contributed by atoms with Gasteiger partial charge in [-0.25, -0.2) is 9.37 Å². The number of aromatic nitrogens is 2. The highest BCUT2D eigenvalue weighted by Crippen LogP contribution is 2.31. The van der Waals surface area contributed by atoms with Gasteiger partial charge in [0.25, 0.3) is 0 Å². The van der Waals surface area contributed by atoms with E-state index in [9.17, 15) is 9.18 Å². The predicted octanol–water partition coefficient (Wildman–Crippen LogP) is 3.36. The lowest BCUT2D eigenvalue weighted by molar-refractivity contribution is -0.127. The number of likely N-dealkylation sites (tertiary alicyclic amines) is 2. The summed E-state index contributed by atoms with van der Waals surface area (Å²) in [6, 6.07) is 6.93. The largest absolute Gasteiger partial charge is 0.363 e. The number of carbonyl (C=O) groups excluding carboxylic acids is 1. The third-order valence-corrected chi connectivity index (χ3v) is 7.41. The van der Waals surface area contributed by atoms with Crippen LogP contribution < -0.4 is 10.6 Å². The number of anilines is 3. The number of amides is 1. The predicted molar refractivity (Wildman–Crippen MR) is 135 cm³/mol. The zero-order valence-corrected chi connectivity index (χ0v) is 20.3. The number of benzene rings is 1. The van der Waals surface area contributed by atoms with E-state index in [4.69, 9.17) is 0 Å². The van der Waals surface area contributed by atoms with Crippen LogP contribution in [0.3, 0.4) is 0 Å². The SMILES string of the molecule is C=CC(=O)N1CCCC(Nc2nc(Nc3ccc4c(c3)CN(C3CCN(C)CC3)C4)ncc2F)C1. The molecule has 1 unspecified atom stereocenters. The summed E-state index contributed by atoms with van der Waals surface area (Å²) in [4.78, 5) is 27.2. The van der Waals surface area contributed by atoms with Crippen molar-refractivity contribution in [2.45, 2.75) is 50.9 Å². The van der Waals surface area contributed by atoms with Crippen molar-refractivity contribution in [2.24, 2.45) is 0 Å². The second kappa shape index (κ2) is 10.3. The van der Waals surface area contributed by atoms with Crippen molar-refractivity contribution in [3.8, 4) is 0 Å². The lowest BCUT2D eigenvalue weighted by Gasteiger charge is -2.34. The number of nitrogens with zero attached hydrogens (tertiary/aromatic N) is 5. The topological polar surface area (TPSA) is 76.6 Å². The molecule has 8 nitrogen and oxygen atoms in total. The number of hydrogen-bond donors (Lipinski definition) is 2. The van der Waals surface area contributed by atoms with Gasteiger partial charge in [0.1, 0.15) is 0 Å². The summed E-state index contributed by atoms with van der Waals surface area (Å²) in [5.74, 6) is -0.123. The summed E-state index contributed by atoms with van der Waals surface area (Å²) in [6.07, 6.45) is 6.62. The molecular formula is C26H34FN7O. The fourth-order valence-corrected chi connectivity index (χ4v) is 5.39. The molecule has 2 saturated heterocycles. The minimum Gasteiger partial charge on any atom is -0.363 e. The summed E-state index contributed by atoms with van der Waals surface area (Å²) >= 11 is 0. The van der Waals surface area contributed by atoms with Crippen LogP contribution in [0.15, 0.2) is 37.1 Å². The average Bonchev–Trinajstić information content (AvgIpc) is 3.29. The fraction of sp³-hybridized carbons (Fsp3) is 0.500. The maximum atomic E-state index is 14.5. The highest BCUT2D eigenvalue weighted by atomic mass is 19.1. The van der Waals surface area contributed by atoms with Crippen molar-refractivity contribution >= 4 is 23.4 Å². The van der Waals surface area contributed by atoms with Gasteiger partial charge in [0.2, 0.25) is 11.9 Å². The molecule has 35 heavy (non-hydrogen) atoms. The molecule has 2 fully saturated rings. The normalized spacial score (nSPS) is 21.5. The quantitative estimate of drug-likeness (QED) is 0.616. The standard InChI is InChI=1S/C26H34FN7O/c1-3-24(35)33-10-4-5-21(17-33)29-25-23(27)14-28-26(31-25)30-20-7-6-18-15-34(16-19(18)13-20)22-8-11-32(2)12-9-22/h3,6-7,13-14,21-22H,1,4-5,8-12,15-17H2,2H3,(H2,28,29,30,31). The molecule has 2 N–H and O–H groups in total. The summed E-state index contributed by atoms with van der Waals surface area (Å²) < 4.78 is 14.5. The molecule has 1 atom stereocenters. The first-order chi connectivity index (χ1) is 17.0. The highest BCUT2D eigenvalue weighted by Gasteiger charge is 2.28. The van der Waals surface area contributed by atoms with Crippen LogP contribution in [0.5, 0.6) is 0 Å². The van der Waals surface area contributed by atoms with Gasteiger partial charge < -0.3 is 20.4 Å². The van der Waals surface area contributed by atoms with Gasteiger partial charge in [0.15, 0.2) is 11.6 Å². The zero-order valence-electron chi connectivity index (χ0n) is 20.3. The Balaban J connectivity index is 1.23. The lowest BCUT2D eigenvalue weighted by atomic mass is 10.0. The lowest BCUT2D eigenvalue weighted by Crippen LogP contribution is -2.44. The summed E-state index contributed by atoms with van der Waals surface area (Å²) in [5.41, 5.74) is 3.59. The Morgan fingerprint density at radius 1 is 1.17 bits per heavy atom. The Morgan fingerprint density at radius 2 is 1.97 bits per heavy atom. The van der Waals surface area contributed by atoms with Crippen molar-refractivity contribution in [1.82, 2.24) is 24.7 Å². The Kier molecular flexibility index (Phi) is 6.97. The summed E-state index contributed by atoms with van der Waals surface area (Å²) in [5, 5.41) is 6.41. The van der Waals surface area contributed by atoms with Gasteiger partial charge >= 0.3 is 0 Å². The molecule has 2 aromatic rings. The number of fused-ring (bicyclic) bond motifs is 1. The molecule has 1 amide bonds. The van der Waals surface area contributed by atoms with Crippen molar-refractivity contribution in [2.75, 3.05) is 43.9 Å². The molecule has 9 heteroatoms. The van der Waals surface area contributed by atoms with Crippen LogP contribution in [0.25, 0.3) is 0 Å². The Labute approximate surface area is 206 Å². The second-order valence-corrected chi connectivity index (χ2v) is 9.91. The number of rotatable bonds is 6. The molecule has 0 spiro atoms. The van der Waals surface area contributed by atoms with E-state index < -0.39 is 5.82 Å². The number of piperidine rings is 2. The second-order valence-electron chi connectivity index (χ2n) is 9.91. The minimum absolute atomic E-state index is 0.0737. The molecule has 1 aromatic carbocycles. The Hall–Kier alpha value is -3.04. The molecule has 0 radical (unpaired) electrons. The van der Waals surface area contributed by atoms with Gasteiger partial charge in [0, 0.05) is 44.0 Å². The first-order valence-corrected chi connectivity index (χ1v) is 12.5. The van der Waals surface area contributed by atoms with E-state index in [0.717, 1.165) is 44.7 Å². The third kappa shape index (κ3) is 5.46. The van der Waals surface area contributed by atoms with Gasteiger partial charge in [-0.3, -0.25) is 9.69 Å². The molecule has 1 aromatic heterocycles. The van der Waals surface area contributed by atoms with Gasteiger partial charge in [-0.1, -0.05) is 12.6 Å². The van der Waals surface area contributed by atoms with E-state index in [1.165, 1.54) is 36.2 Å². The van der Waals surface area contributed by atoms with Crippen LogP contribution in [0, 0.1) is 5.82 Å². The summed E-state index contributed by atoms with van der Waals surface area (Å²) in [7, 11) is 2.19. The highest BCUT2D eigenvalue weighted by molar-refractivity contribution is 5.87. The minimum atomic E-state index is -0.509. The van der Waals surface area contributed by atoms with Crippen LogP contribution in [0.1, 0.15) is 36.8 Å². The summed E-state index contributed by atoms with van der Waals surface area (Å²) in [6.45, 7) is 9.02. The van der Waals surface area contributed by atoms with E-state index in [2.05, 4.69) is 56.2 Å². The van der Waals surface area contributed by atoms with Crippen molar-refractivity contribution in [3.63, 3.8) is 0 Å². The van der Waals surface area contributed by atoms with Crippen molar-refractivity contribution < 1.29 is 9.18 Å². The molecule has 4 heterocycles. The van der Waals surface area contributed by atoms with Gasteiger partial charge in [-0.15, -0.1) is 0 Å². The first-order valence-electron chi connectivity index (χ1n) is 12.5. The van der Waals surface area contributed by atoms with E-state index >= 15 is 0 Å². The van der Waals surface area contributed by atoms with Crippen LogP contribution in [-0.4, -0.2) is 75.9 Å². The van der Waals surface area contributed by atoms with E-state index in [0.29, 0.717) is 25.1 Å². The van der Waals surface area contributed by atoms with Crippen LogP contribution in [0.2, 0.25) is 0 Å². The van der Waals surface area contributed by atoms with Crippen LogP contribution in [0.4, 0.5) is 21.8 Å². The third-order valence-electron chi connectivity index (χ3n) is 7.41. The van der Waals surface area contributed by atoms with E-state index in [1.807, 2.05) is 6.07 Å². The molecule has 186 valence electrons. The van der Waals surface area contributed by atoms with Gasteiger partial charge in [-0.2, -0.15) is 4.98 Å². The molecule has 3 aliphatic heterocycles. The monoisotopic (exact) mass is 479 g/mol. The van der Waals surface area contributed by atoms with E-state index in [1.54, 1.807) is 4.90 Å². The molecule has 0 bridgehead atoms. The molecule has 5 rings (SSSR count).